The number of fused-ring (bicyclic) bond motifs is 1. The van der Waals surface area contributed by atoms with Crippen molar-refractivity contribution in [1.82, 2.24) is 15.1 Å². The molecule has 3 aromatic rings. The normalized spacial score (nSPS) is 14.1. The fraction of sp³-hybridized carbons (Fsp3) is 0.200. The monoisotopic (exact) mass is 381 g/mol. The van der Waals surface area contributed by atoms with E-state index < -0.39 is 0 Å². The van der Waals surface area contributed by atoms with E-state index in [1.165, 1.54) is 0 Å². The zero-order chi connectivity index (χ0) is 18.8. The lowest BCUT2D eigenvalue weighted by atomic mass is 10.0. The van der Waals surface area contributed by atoms with Crippen LogP contribution < -0.4 is 21.0 Å². The van der Waals surface area contributed by atoms with Crippen molar-refractivity contribution in [3.63, 3.8) is 0 Å². The molecule has 0 spiro atoms. The highest BCUT2D eigenvalue weighted by atomic mass is 35.5. The van der Waals surface area contributed by atoms with Gasteiger partial charge in [0.15, 0.2) is 0 Å². The van der Waals surface area contributed by atoms with Gasteiger partial charge >= 0.3 is 0 Å². The maximum Gasteiger partial charge on any atom is 0.132 e. The molecule has 27 heavy (non-hydrogen) atoms. The van der Waals surface area contributed by atoms with Gasteiger partial charge < -0.3 is 15.4 Å². The van der Waals surface area contributed by atoms with E-state index in [0.717, 1.165) is 33.0 Å². The molecule has 138 valence electrons. The fourth-order valence-corrected chi connectivity index (χ4v) is 3.51. The molecule has 0 radical (unpaired) electrons. The summed E-state index contributed by atoms with van der Waals surface area (Å²) in [7, 11) is 1.67. The lowest BCUT2D eigenvalue weighted by Gasteiger charge is -2.30. The molecule has 3 N–H and O–H groups in total. The van der Waals surface area contributed by atoms with Crippen LogP contribution >= 0.6 is 11.6 Å². The molecule has 4 rings (SSSR count). The summed E-state index contributed by atoms with van der Waals surface area (Å²) in [6.07, 6.45) is 3.83. The number of hydrogen-bond acceptors (Lipinski definition) is 5. The van der Waals surface area contributed by atoms with Crippen LogP contribution in [0.5, 0.6) is 5.75 Å². The van der Waals surface area contributed by atoms with E-state index in [1.54, 1.807) is 13.3 Å². The fourth-order valence-electron chi connectivity index (χ4n) is 3.31. The summed E-state index contributed by atoms with van der Waals surface area (Å²) in [5, 5.41) is 9.23. The summed E-state index contributed by atoms with van der Waals surface area (Å²) in [5.74, 6) is 0.821. The van der Waals surface area contributed by atoms with Crippen molar-refractivity contribution in [2.75, 3.05) is 20.3 Å². The van der Waals surface area contributed by atoms with Gasteiger partial charge in [-0.05, 0) is 29.3 Å². The van der Waals surface area contributed by atoms with Crippen LogP contribution in [0.1, 0.15) is 11.6 Å². The van der Waals surface area contributed by atoms with Crippen molar-refractivity contribution >= 4 is 17.8 Å². The number of benzene rings is 2. The van der Waals surface area contributed by atoms with Crippen molar-refractivity contribution in [2.45, 2.75) is 6.04 Å². The van der Waals surface area contributed by atoms with Crippen LogP contribution in [0.3, 0.4) is 0 Å². The first kappa shape index (κ1) is 17.6. The molecule has 0 bridgehead atoms. The number of halogens is 1. The van der Waals surface area contributed by atoms with Crippen molar-refractivity contribution in [2.24, 2.45) is 10.7 Å². The number of H-pyrrole nitrogens is 1. The van der Waals surface area contributed by atoms with Crippen LogP contribution in [-0.4, -0.2) is 35.4 Å². The summed E-state index contributed by atoms with van der Waals surface area (Å²) in [4.78, 5) is 6.90. The van der Waals surface area contributed by atoms with Crippen LogP contribution in [0.25, 0.3) is 17.3 Å². The number of methoxy groups -OCH3 is 1. The molecule has 1 aliphatic heterocycles. The van der Waals surface area contributed by atoms with E-state index >= 15 is 0 Å². The summed E-state index contributed by atoms with van der Waals surface area (Å²) in [5.41, 5.74) is 9.04. The molecule has 2 aromatic carbocycles. The van der Waals surface area contributed by atoms with Gasteiger partial charge in [0.05, 0.1) is 24.7 Å². The van der Waals surface area contributed by atoms with Gasteiger partial charge in [-0.2, -0.15) is 5.10 Å². The quantitative estimate of drug-likeness (QED) is 0.709. The van der Waals surface area contributed by atoms with Gasteiger partial charge in [-0.15, -0.1) is 0 Å². The summed E-state index contributed by atoms with van der Waals surface area (Å²) in [6, 6.07) is 14.1. The third kappa shape index (κ3) is 3.41. The van der Waals surface area contributed by atoms with E-state index in [4.69, 9.17) is 27.1 Å². The molecule has 0 amide bonds. The largest absolute Gasteiger partial charge is 0.497 e. The van der Waals surface area contributed by atoms with Gasteiger partial charge in [-0.3, -0.25) is 10.1 Å². The highest BCUT2D eigenvalue weighted by Crippen LogP contribution is 2.25. The average Bonchev–Trinajstić information content (AvgIpc) is 3.14. The third-order valence-corrected chi connectivity index (χ3v) is 5.03. The predicted octanol–water partition coefficient (Wildman–Crippen LogP) is 2.07. The molecule has 0 aliphatic carbocycles. The van der Waals surface area contributed by atoms with Gasteiger partial charge in [0, 0.05) is 23.5 Å². The Morgan fingerprint density at radius 2 is 2.19 bits per heavy atom. The Labute approximate surface area is 161 Å². The van der Waals surface area contributed by atoms with E-state index in [1.807, 2.05) is 36.4 Å². The first-order chi connectivity index (χ1) is 13.2. The number of aromatic amines is 1. The smallest absolute Gasteiger partial charge is 0.132 e. The topological polar surface area (TPSA) is 79.5 Å². The van der Waals surface area contributed by atoms with Crippen LogP contribution in [0, 0.1) is 0 Å². The minimum absolute atomic E-state index is 0.0278. The van der Waals surface area contributed by atoms with Crippen molar-refractivity contribution in [3.8, 4) is 16.9 Å². The third-order valence-electron chi connectivity index (χ3n) is 4.75. The van der Waals surface area contributed by atoms with Gasteiger partial charge in [-0.1, -0.05) is 35.9 Å². The van der Waals surface area contributed by atoms with E-state index in [2.05, 4.69) is 27.4 Å². The Morgan fingerprint density at radius 1 is 1.30 bits per heavy atom. The molecular formula is C20H20ClN5O. The predicted molar refractivity (Wildman–Crippen MR) is 106 cm³/mol. The standard InChI is InChI=1S/C20H20ClN5O/c1-27-16-4-2-3-14(7-16)19(9-22)26-11-15-6-5-13(8-18(15)23-12-26)17-10-24-25-20(17)21/h2-8,10-11,19H,9,12,22H2,1H3,(H,24,25). The Bertz CT molecular complexity index is 1080. The Hall–Kier alpha value is -2.83. The van der Waals surface area contributed by atoms with Crippen LogP contribution in [0.15, 0.2) is 53.7 Å². The van der Waals surface area contributed by atoms with Crippen molar-refractivity contribution in [3.05, 3.63) is 70.0 Å². The highest BCUT2D eigenvalue weighted by molar-refractivity contribution is 6.32. The molecule has 1 unspecified atom stereocenters. The number of nitrogens with one attached hydrogen (secondary N) is 1. The number of nitrogens with zero attached hydrogens (tertiary/aromatic N) is 3. The molecule has 2 heterocycles. The molecule has 6 nitrogen and oxygen atoms in total. The number of hydrogen-bond donors (Lipinski definition) is 2. The summed E-state index contributed by atoms with van der Waals surface area (Å²) in [6.45, 7) is 1.02. The maximum absolute atomic E-state index is 6.14. The molecule has 7 heteroatoms. The lowest BCUT2D eigenvalue weighted by Crippen LogP contribution is -2.39. The van der Waals surface area contributed by atoms with E-state index in [9.17, 15) is 0 Å². The summed E-state index contributed by atoms with van der Waals surface area (Å²) >= 11 is 6.14. The minimum atomic E-state index is 0.0278. The second-order valence-corrected chi connectivity index (χ2v) is 6.72. The van der Waals surface area contributed by atoms with Gasteiger partial charge in [0.25, 0.3) is 0 Å². The SMILES string of the molecule is COc1cccc(C(CN)N2C=c3ccc(-c4cn[nH]c4Cl)cc3=NC2)c1. The number of ether oxygens (including phenoxy) is 1. The Morgan fingerprint density at radius 3 is 2.93 bits per heavy atom. The van der Waals surface area contributed by atoms with E-state index in [-0.39, 0.29) is 6.04 Å². The molecular weight excluding hydrogens is 362 g/mol. The molecule has 0 saturated heterocycles. The van der Waals surface area contributed by atoms with Crippen molar-refractivity contribution in [1.29, 1.82) is 0 Å². The van der Waals surface area contributed by atoms with Gasteiger partial charge in [0.2, 0.25) is 0 Å². The number of aromatic nitrogens is 2. The molecule has 1 atom stereocenters. The number of nitrogens with two attached hydrogens (primary N) is 1. The van der Waals surface area contributed by atoms with Gasteiger partial charge in [0.1, 0.15) is 17.6 Å². The first-order valence-corrected chi connectivity index (χ1v) is 9.03. The Balaban J connectivity index is 1.68. The second-order valence-electron chi connectivity index (χ2n) is 6.34. The van der Waals surface area contributed by atoms with Crippen LogP contribution in [0.2, 0.25) is 5.15 Å². The number of rotatable bonds is 5. The molecule has 0 saturated carbocycles. The van der Waals surface area contributed by atoms with Gasteiger partial charge in [-0.25, -0.2) is 0 Å². The molecule has 1 aromatic heterocycles. The minimum Gasteiger partial charge on any atom is -0.497 e. The van der Waals surface area contributed by atoms with Crippen LogP contribution in [-0.2, 0) is 0 Å². The van der Waals surface area contributed by atoms with Crippen molar-refractivity contribution < 1.29 is 4.74 Å². The average molecular weight is 382 g/mol. The maximum atomic E-state index is 6.14. The Kier molecular flexibility index (Phi) is 4.83. The second kappa shape index (κ2) is 7.42. The molecule has 1 aliphatic rings. The highest BCUT2D eigenvalue weighted by Gasteiger charge is 2.18. The van der Waals surface area contributed by atoms with Crippen LogP contribution in [0.4, 0.5) is 0 Å². The molecule has 0 fully saturated rings. The first-order valence-electron chi connectivity index (χ1n) is 8.65. The zero-order valence-corrected chi connectivity index (χ0v) is 15.6. The summed E-state index contributed by atoms with van der Waals surface area (Å²) < 4.78 is 5.34. The zero-order valence-electron chi connectivity index (χ0n) is 14.9. The lowest BCUT2D eigenvalue weighted by molar-refractivity contribution is 0.315. The van der Waals surface area contributed by atoms with E-state index in [0.29, 0.717) is 18.4 Å².